The maximum absolute atomic E-state index is 13.8. The van der Waals surface area contributed by atoms with E-state index in [2.05, 4.69) is 15.2 Å². The Balaban J connectivity index is 1.89. The maximum atomic E-state index is 13.8. The van der Waals surface area contributed by atoms with Gasteiger partial charge in [0.2, 0.25) is 0 Å². The van der Waals surface area contributed by atoms with Crippen molar-refractivity contribution in [2.24, 2.45) is 4.99 Å². The van der Waals surface area contributed by atoms with E-state index in [1.54, 1.807) is 19.2 Å². The van der Waals surface area contributed by atoms with Gasteiger partial charge in [-0.3, -0.25) is 4.99 Å². The molecule has 0 bridgehead atoms. The Hall–Kier alpha value is -1.83. The molecule has 0 saturated carbocycles. The van der Waals surface area contributed by atoms with Gasteiger partial charge in [0, 0.05) is 46.0 Å². The van der Waals surface area contributed by atoms with Crippen LogP contribution in [0, 0.1) is 5.82 Å². The highest BCUT2D eigenvalue weighted by molar-refractivity contribution is 7.90. The molecule has 1 fully saturated rings. The Morgan fingerprint density at radius 1 is 1.26 bits per heavy atom. The summed E-state index contributed by atoms with van der Waals surface area (Å²) in [6.07, 6.45) is 1.21. The van der Waals surface area contributed by atoms with Crippen LogP contribution in [0.2, 0.25) is 0 Å². The average Bonchev–Trinajstić information content (AvgIpc) is 2.51. The lowest BCUT2D eigenvalue weighted by atomic mass is 10.2. The molecular weight excluding hydrogens is 319 g/mol. The highest BCUT2D eigenvalue weighted by Crippen LogP contribution is 2.20. The fraction of sp³-hybridized carbons (Fsp3) is 0.533. The van der Waals surface area contributed by atoms with Crippen molar-refractivity contribution in [3.8, 4) is 0 Å². The lowest BCUT2D eigenvalue weighted by Gasteiger charge is -2.37. The summed E-state index contributed by atoms with van der Waals surface area (Å²) in [5, 5.41) is 3.07. The molecule has 0 aromatic heterocycles. The van der Waals surface area contributed by atoms with E-state index in [-0.39, 0.29) is 11.6 Å². The number of piperazine rings is 1. The van der Waals surface area contributed by atoms with Crippen LogP contribution in [0.4, 0.5) is 10.1 Å². The van der Waals surface area contributed by atoms with Crippen LogP contribution < -0.4 is 10.2 Å². The highest BCUT2D eigenvalue weighted by Gasteiger charge is 2.21. The van der Waals surface area contributed by atoms with E-state index in [4.69, 9.17) is 0 Å². The Morgan fingerprint density at radius 3 is 2.48 bits per heavy atom. The van der Waals surface area contributed by atoms with Gasteiger partial charge in [-0.15, -0.1) is 0 Å². The average molecular weight is 342 g/mol. The fourth-order valence-corrected chi connectivity index (χ4v) is 3.02. The first-order chi connectivity index (χ1) is 10.9. The predicted octanol–water partition coefficient (Wildman–Crippen LogP) is 0.568. The van der Waals surface area contributed by atoms with Gasteiger partial charge in [0.1, 0.15) is 15.7 Å². The van der Waals surface area contributed by atoms with Crippen molar-refractivity contribution >= 4 is 21.5 Å². The maximum Gasteiger partial charge on any atom is 0.193 e. The number of sulfone groups is 1. The predicted molar refractivity (Wildman–Crippen MR) is 91.3 cm³/mol. The summed E-state index contributed by atoms with van der Waals surface area (Å²) in [5.41, 5.74) is 0.618. The number of aliphatic imine (C=N–C) groups is 1. The van der Waals surface area contributed by atoms with Crippen LogP contribution in [0.1, 0.15) is 0 Å². The zero-order chi connectivity index (χ0) is 16.9. The molecular formula is C15H23FN4O2S. The molecule has 8 heteroatoms. The van der Waals surface area contributed by atoms with Crippen molar-refractivity contribution in [2.45, 2.75) is 0 Å². The van der Waals surface area contributed by atoms with Gasteiger partial charge in [0.25, 0.3) is 0 Å². The Labute approximate surface area is 136 Å². The highest BCUT2D eigenvalue weighted by atomic mass is 32.2. The molecule has 0 atom stereocenters. The number of guanidine groups is 1. The fourth-order valence-electron chi connectivity index (χ4n) is 2.55. The number of rotatable bonds is 4. The van der Waals surface area contributed by atoms with Crippen LogP contribution in [0.25, 0.3) is 0 Å². The molecule has 23 heavy (non-hydrogen) atoms. The van der Waals surface area contributed by atoms with Gasteiger partial charge in [-0.05, 0) is 12.1 Å². The van der Waals surface area contributed by atoms with Crippen molar-refractivity contribution in [3.05, 3.63) is 30.1 Å². The zero-order valence-electron chi connectivity index (χ0n) is 13.5. The Morgan fingerprint density at radius 2 is 1.91 bits per heavy atom. The molecule has 128 valence electrons. The second kappa shape index (κ2) is 7.63. The van der Waals surface area contributed by atoms with Gasteiger partial charge in [-0.2, -0.15) is 0 Å². The van der Waals surface area contributed by atoms with E-state index >= 15 is 0 Å². The van der Waals surface area contributed by atoms with E-state index in [1.165, 1.54) is 12.3 Å². The third kappa shape index (κ3) is 5.09. The monoisotopic (exact) mass is 342 g/mol. The van der Waals surface area contributed by atoms with Crippen molar-refractivity contribution in [1.29, 1.82) is 0 Å². The SMILES string of the molecule is CN=C(NCCS(C)(=O)=O)N1CCN(c2ccccc2F)CC1. The minimum Gasteiger partial charge on any atom is -0.366 e. The minimum absolute atomic E-state index is 0.0706. The standard InChI is InChI=1S/C15H23FN4O2S/c1-17-15(18-7-12-23(2,21)22)20-10-8-19(9-11-20)14-6-4-3-5-13(14)16/h3-6H,7-12H2,1-2H3,(H,17,18). The summed E-state index contributed by atoms with van der Waals surface area (Å²) in [6.45, 7) is 3.11. The van der Waals surface area contributed by atoms with E-state index < -0.39 is 9.84 Å². The molecule has 1 saturated heterocycles. The van der Waals surface area contributed by atoms with E-state index in [0.717, 1.165) is 0 Å². The van der Waals surface area contributed by atoms with Crippen LogP contribution >= 0.6 is 0 Å². The molecule has 0 unspecified atom stereocenters. The Kier molecular flexibility index (Phi) is 5.81. The molecule has 1 aliphatic rings. The van der Waals surface area contributed by atoms with Gasteiger partial charge in [0.15, 0.2) is 5.96 Å². The molecule has 0 amide bonds. The summed E-state index contributed by atoms with van der Waals surface area (Å²) >= 11 is 0. The summed E-state index contributed by atoms with van der Waals surface area (Å²) in [4.78, 5) is 8.26. The zero-order valence-corrected chi connectivity index (χ0v) is 14.3. The normalized spacial score (nSPS) is 16.6. The van der Waals surface area contributed by atoms with Crippen molar-refractivity contribution in [1.82, 2.24) is 10.2 Å². The third-order valence-electron chi connectivity index (χ3n) is 3.74. The number of benzene rings is 1. The van der Waals surface area contributed by atoms with Crippen LogP contribution in [-0.2, 0) is 9.84 Å². The molecule has 2 rings (SSSR count). The second-order valence-electron chi connectivity index (χ2n) is 5.53. The topological polar surface area (TPSA) is 65.0 Å². The van der Waals surface area contributed by atoms with Crippen molar-refractivity contribution in [3.63, 3.8) is 0 Å². The molecule has 0 spiro atoms. The molecule has 1 N–H and O–H groups in total. The summed E-state index contributed by atoms with van der Waals surface area (Å²) in [7, 11) is -1.32. The summed E-state index contributed by atoms with van der Waals surface area (Å²) < 4.78 is 36.2. The number of hydrogen-bond acceptors (Lipinski definition) is 4. The first-order valence-corrected chi connectivity index (χ1v) is 9.59. The number of hydrogen-bond donors (Lipinski definition) is 1. The Bertz CT molecular complexity index is 655. The van der Waals surface area contributed by atoms with Crippen LogP contribution in [0.3, 0.4) is 0 Å². The molecule has 0 radical (unpaired) electrons. The number of nitrogens with one attached hydrogen (secondary N) is 1. The second-order valence-corrected chi connectivity index (χ2v) is 7.79. The first-order valence-electron chi connectivity index (χ1n) is 7.53. The van der Waals surface area contributed by atoms with E-state index in [9.17, 15) is 12.8 Å². The van der Waals surface area contributed by atoms with Gasteiger partial charge >= 0.3 is 0 Å². The molecule has 1 heterocycles. The van der Waals surface area contributed by atoms with Gasteiger partial charge in [-0.25, -0.2) is 12.8 Å². The van der Waals surface area contributed by atoms with Gasteiger partial charge in [0.05, 0.1) is 11.4 Å². The quantitative estimate of drug-likeness (QED) is 0.640. The summed E-state index contributed by atoms with van der Waals surface area (Å²) in [5.74, 6) is 0.541. The lowest BCUT2D eigenvalue weighted by Crippen LogP contribution is -2.53. The lowest BCUT2D eigenvalue weighted by molar-refractivity contribution is 0.372. The van der Waals surface area contributed by atoms with Gasteiger partial charge in [-0.1, -0.05) is 12.1 Å². The number of anilines is 1. The van der Waals surface area contributed by atoms with Crippen LogP contribution in [0.5, 0.6) is 0 Å². The van der Waals surface area contributed by atoms with Gasteiger partial charge < -0.3 is 15.1 Å². The van der Waals surface area contributed by atoms with Crippen molar-refractivity contribution < 1.29 is 12.8 Å². The van der Waals surface area contributed by atoms with E-state index in [0.29, 0.717) is 44.4 Å². The van der Waals surface area contributed by atoms with Crippen LogP contribution in [-0.4, -0.2) is 71.1 Å². The number of halogens is 1. The first kappa shape index (κ1) is 17.5. The largest absolute Gasteiger partial charge is 0.366 e. The molecule has 1 aromatic rings. The molecule has 0 aliphatic carbocycles. The number of nitrogens with zero attached hydrogens (tertiary/aromatic N) is 3. The van der Waals surface area contributed by atoms with E-state index in [1.807, 2.05) is 11.0 Å². The van der Waals surface area contributed by atoms with Crippen molar-refractivity contribution in [2.75, 3.05) is 56.7 Å². The molecule has 1 aromatic carbocycles. The minimum atomic E-state index is -2.99. The molecule has 1 aliphatic heterocycles. The van der Waals surface area contributed by atoms with Crippen LogP contribution in [0.15, 0.2) is 29.3 Å². The smallest absolute Gasteiger partial charge is 0.193 e. The number of para-hydroxylation sites is 1. The summed E-state index contributed by atoms with van der Waals surface area (Å²) in [6, 6.07) is 6.76. The molecule has 6 nitrogen and oxygen atoms in total. The third-order valence-corrected chi connectivity index (χ3v) is 4.69.